The molecule has 34 heavy (non-hydrogen) atoms. The van der Waals surface area contributed by atoms with Gasteiger partial charge in [-0.2, -0.15) is 0 Å². The summed E-state index contributed by atoms with van der Waals surface area (Å²) in [6.07, 6.45) is 11.2. The molecule has 0 fully saturated rings. The number of anilines is 3. The number of fused-ring (bicyclic) bond motifs is 1. The van der Waals surface area contributed by atoms with E-state index in [-0.39, 0.29) is 10.9 Å². The Labute approximate surface area is 202 Å². The Hall–Kier alpha value is -3.65. The number of aromatic nitrogens is 2. The van der Waals surface area contributed by atoms with Crippen LogP contribution in [0.15, 0.2) is 61.1 Å². The van der Waals surface area contributed by atoms with Crippen LogP contribution in [0.1, 0.15) is 19.8 Å². The number of amides is 1. The van der Waals surface area contributed by atoms with E-state index >= 15 is 0 Å². The van der Waals surface area contributed by atoms with Crippen LogP contribution in [0.2, 0.25) is 5.02 Å². The number of nitrogens with one attached hydrogen (secondary N) is 2. The van der Waals surface area contributed by atoms with Gasteiger partial charge < -0.3 is 20.3 Å². The van der Waals surface area contributed by atoms with Gasteiger partial charge in [-0.05, 0) is 50.2 Å². The minimum Gasteiger partial charge on any atom is -0.492 e. The van der Waals surface area contributed by atoms with Gasteiger partial charge in [0.25, 0.3) is 0 Å². The van der Waals surface area contributed by atoms with Crippen LogP contribution in [-0.2, 0) is 4.79 Å². The smallest absolute Gasteiger partial charge is 0.248 e. The van der Waals surface area contributed by atoms with E-state index < -0.39 is 5.82 Å². The highest BCUT2D eigenvalue weighted by Crippen LogP contribution is 2.33. The maximum Gasteiger partial charge on any atom is 0.248 e. The first-order valence-corrected chi connectivity index (χ1v) is 11.4. The normalized spacial score (nSPS) is 13.4. The van der Waals surface area contributed by atoms with Crippen LogP contribution in [0.4, 0.5) is 21.6 Å². The van der Waals surface area contributed by atoms with Gasteiger partial charge in [0.2, 0.25) is 5.91 Å². The topological polar surface area (TPSA) is 79.4 Å². The number of nitrogens with zero attached hydrogens (tertiary/aromatic N) is 3. The number of allylic oxidation sites excluding steroid dienone is 1. The maximum atomic E-state index is 13.5. The Morgan fingerprint density at radius 3 is 2.94 bits per heavy atom. The summed E-state index contributed by atoms with van der Waals surface area (Å²) in [5.41, 5.74) is 1.69. The summed E-state index contributed by atoms with van der Waals surface area (Å²) in [4.78, 5) is 23.4. The molecule has 1 aliphatic heterocycles. The highest BCUT2D eigenvalue weighted by molar-refractivity contribution is 6.31. The van der Waals surface area contributed by atoms with Gasteiger partial charge in [-0.15, -0.1) is 0 Å². The Morgan fingerprint density at radius 2 is 2.18 bits per heavy atom. The molecule has 0 radical (unpaired) electrons. The van der Waals surface area contributed by atoms with Gasteiger partial charge in [0, 0.05) is 36.3 Å². The molecule has 0 unspecified atom stereocenters. The summed E-state index contributed by atoms with van der Waals surface area (Å²) < 4.78 is 19.3. The van der Waals surface area contributed by atoms with Crippen LogP contribution in [-0.4, -0.2) is 40.5 Å². The average molecular weight is 482 g/mol. The number of hydrogen-bond acceptors (Lipinski definition) is 6. The van der Waals surface area contributed by atoms with Crippen LogP contribution in [0.3, 0.4) is 0 Å². The standard InChI is InChI=1S/C25H25ClFN5O2/c1-2-34-23-15-21-18(25(29-16-28-21)30-17-8-9-20(27)19(26)13-17)14-22(23)31-24(33)7-6-12-32-10-4-3-5-11-32/h4,6-10,13-16H,2-3,5,11-12H2,1H3,(H,31,33)(H,28,29,30). The molecule has 0 atom stereocenters. The van der Waals surface area contributed by atoms with Crippen molar-refractivity contribution in [1.29, 1.82) is 0 Å². The first-order valence-electron chi connectivity index (χ1n) is 11.1. The molecule has 1 amide bonds. The lowest BCUT2D eigenvalue weighted by molar-refractivity contribution is -0.111. The van der Waals surface area contributed by atoms with E-state index in [1.165, 1.54) is 24.5 Å². The van der Waals surface area contributed by atoms with Gasteiger partial charge in [-0.1, -0.05) is 23.8 Å². The molecule has 1 aromatic heterocycles. The molecule has 0 spiro atoms. The van der Waals surface area contributed by atoms with Crippen molar-refractivity contribution in [1.82, 2.24) is 14.9 Å². The Balaban J connectivity index is 1.58. The van der Waals surface area contributed by atoms with Crippen molar-refractivity contribution in [3.8, 4) is 5.75 Å². The summed E-state index contributed by atoms with van der Waals surface area (Å²) in [5, 5.41) is 6.69. The van der Waals surface area contributed by atoms with Crippen molar-refractivity contribution in [3.63, 3.8) is 0 Å². The van der Waals surface area contributed by atoms with E-state index in [2.05, 4.69) is 37.8 Å². The summed E-state index contributed by atoms with van der Waals surface area (Å²) in [5.74, 6) is 0.220. The fraction of sp³-hybridized carbons (Fsp3) is 0.240. The third-order valence-electron chi connectivity index (χ3n) is 5.22. The highest BCUT2D eigenvalue weighted by atomic mass is 35.5. The lowest BCUT2D eigenvalue weighted by atomic mass is 10.1. The minimum absolute atomic E-state index is 0.00165. The number of rotatable bonds is 8. The summed E-state index contributed by atoms with van der Waals surface area (Å²) in [6.45, 7) is 3.95. The fourth-order valence-corrected chi connectivity index (χ4v) is 3.78. The van der Waals surface area contributed by atoms with E-state index in [9.17, 15) is 9.18 Å². The molecule has 176 valence electrons. The van der Waals surface area contributed by atoms with E-state index in [0.29, 0.717) is 47.0 Å². The zero-order chi connectivity index (χ0) is 23.9. The lowest BCUT2D eigenvalue weighted by Crippen LogP contribution is -2.21. The summed E-state index contributed by atoms with van der Waals surface area (Å²) in [7, 11) is 0. The number of carbonyl (C=O) groups is 1. The quantitative estimate of drug-likeness (QED) is 0.404. The second-order valence-corrected chi connectivity index (χ2v) is 8.10. The molecule has 9 heteroatoms. The molecule has 4 rings (SSSR count). The van der Waals surface area contributed by atoms with Crippen molar-refractivity contribution >= 4 is 45.6 Å². The zero-order valence-corrected chi connectivity index (χ0v) is 19.5. The molecule has 3 aromatic rings. The van der Waals surface area contributed by atoms with E-state index in [4.69, 9.17) is 16.3 Å². The summed E-state index contributed by atoms with van der Waals surface area (Å²) >= 11 is 5.90. The molecule has 0 saturated carbocycles. The van der Waals surface area contributed by atoms with Crippen molar-refractivity contribution in [3.05, 3.63) is 71.9 Å². The molecule has 0 aliphatic carbocycles. The van der Waals surface area contributed by atoms with Gasteiger partial charge in [-0.25, -0.2) is 14.4 Å². The monoisotopic (exact) mass is 481 g/mol. The predicted octanol–water partition coefficient (Wildman–Crippen LogP) is 5.67. The van der Waals surface area contributed by atoms with Crippen molar-refractivity contribution < 1.29 is 13.9 Å². The number of hydrogen-bond donors (Lipinski definition) is 2. The van der Waals surface area contributed by atoms with E-state index in [1.54, 1.807) is 18.2 Å². The Bertz CT molecular complexity index is 1250. The lowest BCUT2D eigenvalue weighted by Gasteiger charge is -2.21. The third-order valence-corrected chi connectivity index (χ3v) is 5.51. The van der Waals surface area contributed by atoms with Gasteiger partial charge in [0.15, 0.2) is 0 Å². The van der Waals surface area contributed by atoms with Gasteiger partial charge in [0.05, 0.1) is 22.8 Å². The van der Waals surface area contributed by atoms with Crippen LogP contribution in [0, 0.1) is 5.82 Å². The van der Waals surface area contributed by atoms with Gasteiger partial charge in [0.1, 0.15) is 23.7 Å². The van der Waals surface area contributed by atoms with Crippen LogP contribution >= 0.6 is 11.6 Å². The largest absolute Gasteiger partial charge is 0.492 e. The molecule has 1 aliphatic rings. The second-order valence-electron chi connectivity index (χ2n) is 7.69. The SMILES string of the molecule is CCOc1cc2ncnc(Nc3ccc(F)c(Cl)c3)c2cc1NC(=O)C=CCN1C=CCCC1. The van der Waals surface area contributed by atoms with Gasteiger partial charge in [-0.3, -0.25) is 4.79 Å². The first kappa shape index (κ1) is 23.5. The van der Waals surface area contributed by atoms with Crippen LogP contribution in [0.5, 0.6) is 5.75 Å². The maximum absolute atomic E-state index is 13.5. The third kappa shape index (κ3) is 5.82. The Kier molecular flexibility index (Phi) is 7.59. The summed E-state index contributed by atoms with van der Waals surface area (Å²) in [6, 6.07) is 7.83. The van der Waals surface area contributed by atoms with Crippen molar-refractivity contribution in [2.45, 2.75) is 19.8 Å². The molecule has 2 heterocycles. The Morgan fingerprint density at radius 1 is 1.29 bits per heavy atom. The number of ether oxygens (including phenoxy) is 1. The zero-order valence-electron chi connectivity index (χ0n) is 18.7. The number of benzene rings is 2. The average Bonchev–Trinajstić information content (AvgIpc) is 2.83. The molecule has 7 nitrogen and oxygen atoms in total. The minimum atomic E-state index is -0.504. The highest BCUT2D eigenvalue weighted by Gasteiger charge is 2.13. The van der Waals surface area contributed by atoms with Crippen LogP contribution in [0.25, 0.3) is 10.9 Å². The predicted molar refractivity (Wildman–Crippen MR) is 133 cm³/mol. The number of halogens is 2. The van der Waals surface area contributed by atoms with Crippen molar-refractivity contribution in [2.75, 3.05) is 30.3 Å². The van der Waals surface area contributed by atoms with E-state index in [0.717, 1.165) is 19.4 Å². The molecule has 0 saturated heterocycles. The van der Waals surface area contributed by atoms with Gasteiger partial charge >= 0.3 is 0 Å². The molecule has 2 aromatic carbocycles. The van der Waals surface area contributed by atoms with Crippen molar-refractivity contribution in [2.24, 2.45) is 0 Å². The fourth-order valence-electron chi connectivity index (χ4n) is 3.60. The number of carbonyl (C=O) groups excluding carboxylic acids is 1. The first-order chi connectivity index (χ1) is 16.5. The second kappa shape index (κ2) is 11.0. The molecular formula is C25H25ClFN5O2. The van der Waals surface area contributed by atoms with Crippen LogP contribution < -0.4 is 15.4 Å². The molecule has 2 N–H and O–H groups in total. The van der Waals surface area contributed by atoms with E-state index in [1.807, 2.05) is 13.0 Å². The molecular weight excluding hydrogens is 457 g/mol. The molecule has 0 bridgehead atoms.